The van der Waals surface area contributed by atoms with Gasteiger partial charge in [-0.05, 0) is 31.2 Å². The molecule has 1 aromatic heterocycles. The number of ether oxygens (including phenoxy) is 1. The smallest absolute Gasteiger partial charge is 0.335 e. The van der Waals surface area contributed by atoms with Gasteiger partial charge in [0.05, 0.1) is 5.56 Å². The molecule has 1 fully saturated rings. The fourth-order valence-corrected chi connectivity index (χ4v) is 2.47. The maximum Gasteiger partial charge on any atom is 0.335 e. The molecule has 0 spiro atoms. The Bertz CT molecular complexity index is 450. The van der Waals surface area contributed by atoms with Gasteiger partial charge in [-0.1, -0.05) is 24.9 Å². The Labute approximate surface area is 111 Å². The predicted octanol–water partition coefficient (Wildman–Crippen LogP) is 3.39. The zero-order chi connectivity index (χ0) is 13.1. The molecule has 0 radical (unpaired) electrons. The molecule has 1 N–H and O–H groups in total. The highest BCUT2D eigenvalue weighted by Gasteiger charge is 2.23. The number of nitrogens with zero attached hydrogens (tertiary/aromatic N) is 1. The molecule has 0 aromatic carbocycles. The van der Waals surface area contributed by atoms with Crippen LogP contribution in [0.1, 0.15) is 43.0 Å². The van der Waals surface area contributed by atoms with E-state index in [-0.39, 0.29) is 16.8 Å². The quantitative estimate of drug-likeness (QED) is 0.855. The van der Waals surface area contributed by atoms with Gasteiger partial charge in [-0.15, -0.1) is 0 Å². The lowest BCUT2D eigenvalue weighted by Gasteiger charge is -2.28. The molecule has 18 heavy (non-hydrogen) atoms. The van der Waals surface area contributed by atoms with Gasteiger partial charge in [0, 0.05) is 6.07 Å². The van der Waals surface area contributed by atoms with Gasteiger partial charge < -0.3 is 9.84 Å². The summed E-state index contributed by atoms with van der Waals surface area (Å²) in [5.74, 6) is -0.257. The third-order valence-electron chi connectivity index (χ3n) is 3.32. The van der Waals surface area contributed by atoms with Gasteiger partial charge in [-0.2, -0.15) is 0 Å². The molecule has 0 aliphatic heterocycles. The van der Waals surface area contributed by atoms with Gasteiger partial charge in [-0.3, -0.25) is 0 Å². The van der Waals surface area contributed by atoms with Crippen molar-refractivity contribution in [3.8, 4) is 5.88 Å². The van der Waals surface area contributed by atoms with Crippen LogP contribution in [0.25, 0.3) is 0 Å². The molecule has 1 heterocycles. The highest BCUT2D eigenvalue weighted by Crippen LogP contribution is 2.28. The highest BCUT2D eigenvalue weighted by molar-refractivity contribution is 6.29. The van der Waals surface area contributed by atoms with Crippen LogP contribution < -0.4 is 4.74 Å². The van der Waals surface area contributed by atoms with E-state index in [2.05, 4.69) is 11.9 Å². The zero-order valence-corrected chi connectivity index (χ0v) is 11.0. The molecule has 0 saturated heterocycles. The lowest BCUT2D eigenvalue weighted by atomic mass is 9.88. The first-order valence-corrected chi connectivity index (χ1v) is 6.51. The molecule has 5 heteroatoms. The van der Waals surface area contributed by atoms with E-state index in [0.29, 0.717) is 11.8 Å². The number of pyridine rings is 1. The van der Waals surface area contributed by atoms with E-state index in [4.69, 9.17) is 21.4 Å². The molecule has 0 amide bonds. The molecule has 1 aliphatic carbocycles. The minimum Gasteiger partial charge on any atom is -0.478 e. The van der Waals surface area contributed by atoms with Crippen molar-refractivity contribution in [2.45, 2.75) is 38.7 Å². The van der Waals surface area contributed by atoms with Gasteiger partial charge in [-0.25, -0.2) is 9.78 Å². The van der Waals surface area contributed by atoms with Crippen LogP contribution in [0.5, 0.6) is 5.88 Å². The number of halogens is 1. The summed E-state index contributed by atoms with van der Waals surface area (Å²) in [5.41, 5.74) is 0.105. The van der Waals surface area contributed by atoms with Crippen molar-refractivity contribution < 1.29 is 14.6 Å². The van der Waals surface area contributed by atoms with Crippen LogP contribution in [-0.2, 0) is 0 Å². The third kappa shape index (κ3) is 3.13. The van der Waals surface area contributed by atoms with Crippen molar-refractivity contribution in [2.75, 3.05) is 0 Å². The lowest BCUT2D eigenvalue weighted by Crippen LogP contribution is -2.28. The predicted molar refractivity (Wildman–Crippen MR) is 68.3 cm³/mol. The number of hydrogen-bond acceptors (Lipinski definition) is 3. The standard InChI is InChI=1S/C13H16ClNO3/c1-8-4-2-3-5-10(8)18-12-7-9(13(16)17)6-11(14)15-12/h6-8,10H,2-5H2,1H3,(H,16,17). The van der Waals surface area contributed by atoms with Crippen LogP contribution in [0.15, 0.2) is 12.1 Å². The number of carboxylic acids is 1. The minimum atomic E-state index is -1.03. The van der Waals surface area contributed by atoms with Crippen LogP contribution in [0.3, 0.4) is 0 Å². The summed E-state index contributed by atoms with van der Waals surface area (Å²) in [5, 5.41) is 9.10. The number of aromatic carboxylic acids is 1. The first-order valence-electron chi connectivity index (χ1n) is 6.14. The molecular formula is C13H16ClNO3. The third-order valence-corrected chi connectivity index (χ3v) is 3.52. The van der Waals surface area contributed by atoms with Gasteiger partial charge in [0.25, 0.3) is 0 Å². The summed E-state index contributed by atoms with van der Waals surface area (Å²) in [4.78, 5) is 14.9. The second kappa shape index (κ2) is 5.57. The number of carbonyl (C=O) groups is 1. The number of carboxylic acid groups (broad SMARTS) is 1. The van der Waals surface area contributed by atoms with Crippen LogP contribution >= 0.6 is 11.6 Å². The van der Waals surface area contributed by atoms with Crippen LogP contribution in [0.4, 0.5) is 0 Å². The maximum atomic E-state index is 10.9. The van der Waals surface area contributed by atoms with Crippen molar-refractivity contribution in [3.05, 3.63) is 22.8 Å². The van der Waals surface area contributed by atoms with E-state index < -0.39 is 5.97 Å². The van der Waals surface area contributed by atoms with Gasteiger partial charge in [0.1, 0.15) is 11.3 Å². The summed E-state index contributed by atoms with van der Waals surface area (Å²) in [6, 6.07) is 2.75. The van der Waals surface area contributed by atoms with Crippen molar-refractivity contribution >= 4 is 17.6 Å². The van der Waals surface area contributed by atoms with Crippen LogP contribution in [-0.4, -0.2) is 22.2 Å². The lowest BCUT2D eigenvalue weighted by molar-refractivity contribution is 0.0693. The fourth-order valence-electron chi connectivity index (χ4n) is 2.27. The Morgan fingerprint density at radius 3 is 2.83 bits per heavy atom. The minimum absolute atomic E-state index is 0.103. The summed E-state index contributed by atoms with van der Waals surface area (Å²) in [7, 11) is 0. The topological polar surface area (TPSA) is 59.4 Å². The number of rotatable bonds is 3. The van der Waals surface area contributed by atoms with Crippen molar-refractivity contribution in [2.24, 2.45) is 5.92 Å². The SMILES string of the molecule is CC1CCCCC1Oc1cc(C(=O)O)cc(Cl)n1. The van der Waals surface area contributed by atoms with Crippen LogP contribution in [0, 0.1) is 5.92 Å². The molecule has 98 valence electrons. The Morgan fingerprint density at radius 2 is 2.17 bits per heavy atom. The van der Waals surface area contributed by atoms with E-state index in [1.807, 2.05) is 0 Å². The normalized spacial score (nSPS) is 23.7. The maximum absolute atomic E-state index is 10.9. The first kappa shape index (κ1) is 13.1. The highest BCUT2D eigenvalue weighted by atomic mass is 35.5. The average Bonchev–Trinajstić information content (AvgIpc) is 2.31. The first-order chi connectivity index (χ1) is 8.56. The van der Waals surface area contributed by atoms with E-state index in [9.17, 15) is 4.79 Å². The molecule has 2 unspecified atom stereocenters. The summed E-state index contributed by atoms with van der Waals surface area (Å²) in [6.07, 6.45) is 4.59. The number of aromatic nitrogens is 1. The molecule has 4 nitrogen and oxygen atoms in total. The van der Waals surface area contributed by atoms with Crippen molar-refractivity contribution in [1.82, 2.24) is 4.98 Å². The summed E-state index contributed by atoms with van der Waals surface area (Å²) < 4.78 is 5.78. The van der Waals surface area contributed by atoms with Gasteiger partial charge in [0.15, 0.2) is 0 Å². The average molecular weight is 270 g/mol. The Kier molecular flexibility index (Phi) is 4.07. The fraction of sp³-hybridized carbons (Fsp3) is 0.538. The van der Waals surface area contributed by atoms with Gasteiger partial charge >= 0.3 is 5.97 Å². The molecule has 1 aliphatic rings. The van der Waals surface area contributed by atoms with Crippen molar-refractivity contribution in [3.63, 3.8) is 0 Å². The Balaban J connectivity index is 2.15. The molecular weight excluding hydrogens is 254 g/mol. The van der Waals surface area contributed by atoms with E-state index in [0.717, 1.165) is 19.3 Å². The molecule has 1 saturated carbocycles. The Morgan fingerprint density at radius 1 is 1.44 bits per heavy atom. The summed E-state index contributed by atoms with van der Waals surface area (Å²) >= 11 is 5.79. The summed E-state index contributed by atoms with van der Waals surface area (Å²) in [6.45, 7) is 2.15. The largest absolute Gasteiger partial charge is 0.478 e. The van der Waals surface area contributed by atoms with Crippen LogP contribution in [0.2, 0.25) is 5.15 Å². The molecule has 2 rings (SSSR count). The zero-order valence-electron chi connectivity index (χ0n) is 10.2. The van der Waals surface area contributed by atoms with E-state index >= 15 is 0 Å². The molecule has 0 bridgehead atoms. The number of hydrogen-bond donors (Lipinski definition) is 1. The van der Waals surface area contributed by atoms with Crippen molar-refractivity contribution in [1.29, 1.82) is 0 Å². The van der Waals surface area contributed by atoms with E-state index in [1.165, 1.54) is 18.6 Å². The molecule has 2 atom stereocenters. The molecule has 1 aromatic rings. The van der Waals surface area contributed by atoms with Gasteiger partial charge in [0.2, 0.25) is 5.88 Å². The second-order valence-electron chi connectivity index (χ2n) is 4.74. The monoisotopic (exact) mass is 269 g/mol. The Hall–Kier alpha value is -1.29. The second-order valence-corrected chi connectivity index (χ2v) is 5.13. The van der Waals surface area contributed by atoms with E-state index in [1.54, 1.807) is 0 Å².